The van der Waals surface area contributed by atoms with Crippen molar-refractivity contribution in [3.63, 3.8) is 0 Å². The molecule has 0 fully saturated rings. The zero-order valence-electron chi connectivity index (χ0n) is 15.9. The Balaban J connectivity index is 1.87. The van der Waals surface area contributed by atoms with Crippen molar-refractivity contribution in [3.8, 4) is 28.3 Å². The lowest BCUT2D eigenvalue weighted by atomic mass is 9.94. The smallest absolute Gasteiger partial charge is 0.128 e. The second-order valence-corrected chi connectivity index (χ2v) is 7.22. The third kappa shape index (κ3) is 2.61. The SMILES string of the molecule is C=C1CCc2cc(-c3ccccc3)nc(-c3c(OC)ccc4ccccc34)c21. The molecule has 136 valence electrons. The van der Waals surface area contributed by atoms with Crippen LogP contribution in [0.25, 0.3) is 38.9 Å². The lowest BCUT2D eigenvalue weighted by Gasteiger charge is -2.17. The van der Waals surface area contributed by atoms with Gasteiger partial charge in [0.1, 0.15) is 5.75 Å². The van der Waals surface area contributed by atoms with Gasteiger partial charge in [-0.15, -0.1) is 0 Å². The molecule has 5 rings (SSSR count). The molecule has 0 radical (unpaired) electrons. The third-order valence-electron chi connectivity index (χ3n) is 5.57. The quantitative estimate of drug-likeness (QED) is 0.412. The van der Waals surface area contributed by atoms with Gasteiger partial charge in [0.05, 0.1) is 24.1 Å². The molecular weight excluding hydrogens is 342 g/mol. The molecule has 3 aromatic carbocycles. The van der Waals surface area contributed by atoms with Crippen molar-refractivity contribution in [2.75, 3.05) is 7.11 Å². The summed E-state index contributed by atoms with van der Waals surface area (Å²) in [5, 5.41) is 2.34. The number of aryl methyl sites for hydroxylation is 1. The van der Waals surface area contributed by atoms with Crippen molar-refractivity contribution in [3.05, 3.63) is 90.5 Å². The summed E-state index contributed by atoms with van der Waals surface area (Å²) in [5.74, 6) is 0.846. The van der Waals surface area contributed by atoms with Crippen LogP contribution in [0.1, 0.15) is 17.5 Å². The maximum absolute atomic E-state index is 5.78. The molecule has 1 heterocycles. The monoisotopic (exact) mass is 363 g/mol. The Labute approximate surface area is 165 Å². The predicted octanol–water partition coefficient (Wildman–Crippen LogP) is 6.54. The first-order valence-electron chi connectivity index (χ1n) is 9.60. The predicted molar refractivity (Wildman–Crippen MR) is 117 cm³/mol. The molecule has 0 saturated heterocycles. The number of methoxy groups -OCH3 is 1. The fourth-order valence-electron chi connectivity index (χ4n) is 4.20. The number of allylic oxidation sites excluding steroid dienone is 1. The Hall–Kier alpha value is -3.39. The Morgan fingerprint density at radius 2 is 1.64 bits per heavy atom. The summed E-state index contributed by atoms with van der Waals surface area (Å²) in [7, 11) is 1.73. The van der Waals surface area contributed by atoms with Gasteiger partial charge in [0.2, 0.25) is 0 Å². The average Bonchev–Trinajstić information content (AvgIpc) is 3.14. The summed E-state index contributed by atoms with van der Waals surface area (Å²) in [6.07, 6.45) is 1.99. The lowest BCUT2D eigenvalue weighted by molar-refractivity contribution is 0.417. The average molecular weight is 363 g/mol. The molecule has 1 aliphatic carbocycles. The summed E-state index contributed by atoms with van der Waals surface area (Å²) >= 11 is 0. The molecule has 0 aliphatic heterocycles. The van der Waals surface area contributed by atoms with E-state index in [1.807, 2.05) is 12.1 Å². The molecular formula is C26H21NO. The summed E-state index contributed by atoms with van der Waals surface area (Å²) < 4.78 is 5.78. The van der Waals surface area contributed by atoms with Crippen molar-refractivity contribution in [2.45, 2.75) is 12.8 Å². The van der Waals surface area contributed by atoms with Gasteiger partial charge >= 0.3 is 0 Å². The zero-order chi connectivity index (χ0) is 19.1. The van der Waals surface area contributed by atoms with E-state index < -0.39 is 0 Å². The van der Waals surface area contributed by atoms with Crippen molar-refractivity contribution >= 4 is 16.3 Å². The van der Waals surface area contributed by atoms with E-state index in [1.165, 1.54) is 16.5 Å². The summed E-state index contributed by atoms with van der Waals surface area (Å²) in [4.78, 5) is 5.15. The number of benzene rings is 3. The highest BCUT2D eigenvalue weighted by Crippen LogP contribution is 2.44. The molecule has 0 atom stereocenters. The van der Waals surface area contributed by atoms with Crippen LogP contribution in [0.3, 0.4) is 0 Å². The largest absolute Gasteiger partial charge is 0.496 e. The Bertz CT molecular complexity index is 1210. The first kappa shape index (κ1) is 16.8. The van der Waals surface area contributed by atoms with Gasteiger partial charge in [0.15, 0.2) is 0 Å². The van der Waals surface area contributed by atoms with Crippen molar-refractivity contribution in [2.24, 2.45) is 0 Å². The van der Waals surface area contributed by atoms with E-state index in [9.17, 15) is 0 Å². The van der Waals surface area contributed by atoms with E-state index in [0.717, 1.165) is 52.1 Å². The van der Waals surface area contributed by atoms with Gasteiger partial charge in [0.25, 0.3) is 0 Å². The molecule has 0 amide bonds. The number of rotatable bonds is 3. The molecule has 4 aromatic rings. The summed E-state index contributed by atoms with van der Waals surface area (Å²) in [6, 6.07) is 25.2. The number of hydrogen-bond donors (Lipinski definition) is 0. The van der Waals surface area contributed by atoms with Crippen LogP contribution in [-0.4, -0.2) is 12.1 Å². The molecule has 28 heavy (non-hydrogen) atoms. The maximum Gasteiger partial charge on any atom is 0.128 e. The van der Waals surface area contributed by atoms with E-state index in [1.54, 1.807) is 7.11 Å². The second kappa shape index (κ2) is 6.65. The first-order chi connectivity index (χ1) is 13.8. The number of fused-ring (bicyclic) bond motifs is 2. The van der Waals surface area contributed by atoms with E-state index >= 15 is 0 Å². The highest BCUT2D eigenvalue weighted by atomic mass is 16.5. The highest BCUT2D eigenvalue weighted by Gasteiger charge is 2.25. The number of hydrogen-bond acceptors (Lipinski definition) is 2. The Morgan fingerprint density at radius 1 is 0.857 bits per heavy atom. The van der Waals surface area contributed by atoms with Crippen LogP contribution >= 0.6 is 0 Å². The Morgan fingerprint density at radius 3 is 2.46 bits per heavy atom. The van der Waals surface area contributed by atoms with Crippen LogP contribution in [0.5, 0.6) is 5.75 Å². The second-order valence-electron chi connectivity index (χ2n) is 7.22. The van der Waals surface area contributed by atoms with Crippen LogP contribution in [0, 0.1) is 0 Å². The molecule has 2 heteroatoms. The zero-order valence-corrected chi connectivity index (χ0v) is 15.9. The minimum absolute atomic E-state index is 0.846. The van der Waals surface area contributed by atoms with Crippen LogP contribution in [0.2, 0.25) is 0 Å². The van der Waals surface area contributed by atoms with Gasteiger partial charge in [-0.25, -0.2) is 4.98 Å². The van der Waals surface area contributed by atoms with Crippen LogP contribution in [0.4, 0.5) is 0 Å². The van der Waals surface area contributed by atoms with Gasteiger partial charge in [-0.05, 0) is 46.9 Å². The van der Waals surface area contributed by atoms with E-state index in [2.05, 4.69) is 67.2 Å². The van der Waals surface area contributed by atoms with E-state index in [-0.39, 0.29) is 0 Å². The topological polar surface area (TPSA) is 22.1 Å². The van der Waals surface area contributed by atoms with E-state index in [0.29, 0.717) is 0 Å². The fourth-order valence-corrected chi connectivity index (χ4v) is 4.20. The normalized spacial score (nSPS) is 13.0. The van der Waals surface area contributed by atoms with Crippen molar-refractivity contribution in [1.29, 1.82) is 0 Å². The minimum atomic E-state index is 0.846. The number of pyridine rings is 1. The summed E-state index contributed by atoms with van der Waals surface area (Å²) in [6.45, 7) is 4.34. The fraction of sp³-hybridized carbons (Fsp3) is 0.115. The number of nitrogens with zero attached hydrogens (tertiary/aromatic N) is 1. The van der Waals surface area contributed by atoms with Crippen LogP contribution in [-0.2, 0) is 6.42 Å². The lowest BCUT2D eigenvalue weighted by Crippen LogP contribution is -1.99. The first-order valence-corrected chi connectivity index (χ1v) is 9.60. The highest BCUT2D eigenvalue weighted by molar-refractivity contribution is 6.02. The van der Waals surface area contributed by atoms with Crippen molar-refractivity contribution < 1.29 is 4.74 Å². The van der Waals surface area contributed by atoms with Gasteiger partial charge in [-0.3, -0.25) is 0 Å². The van der Waals surface area contributed by atoms with Crippen LogP contribution in [0.15, 0.2) is 79.4 Å². The molecule has 0 N–H and O–H groups in total. The number of ether oxygens (including phenoxy) is 1. The minimum Gasteiger partial charge on any atom is -0.496 e. The molecule has 1 aliphatic rings. The molecule has 2 nitrogen and oxygen atoms in total. The summed E-state index contributed by atoms with van der Waals surface area (Å²) in [5.41, 5.74) is 7.83. The molecule has 0 spiro atoms. The van der Waals surface area contributed by atoms with Crippen molar-refractivity contribution in [1.82, 2.24) is 4.98 Å². The van der Waals surface area contributed by atoms with Gasteiger partial charge in [-0.2, -0.15) is 0 Å². The van der Waals surface area contributed by atoms with Gasteiger partial charge < -0.3 is 4.74 Å². The van der Waals surface area contributed by atoms with Crippen LogP contribution < -0.4 is 4.74 Å². The van der Waals surface area contributed by atoms with Gasteiger partial charge in [0, 0.05) is 11.1 Å². The van der Waals surface area contributed by atoms with E-state index in [4.69, 9.17) is 9.72 Å². The number of aromatic nitrogens is 1. The molecule has 0 bridgehead atoms. The molecule has 0 saturated carbocycles. The molecule has 1 aromatic heterocycles. The standard InChI is InChI=1S/C26H21NO/c1-17-12-13-20-16-22(19-9-4-3-5-10-19)27-26(24(17)20)25-21-11-7-6-8-18(21)14-15-23(25)28-2/h3-11,14-16H,1,12-13H2,2H3. The maximum atomic E-state index is 5.78. The Kier molecular flexibility index (Phi) is 3.98. The van der Waals surface area contributed by atoms with Gasteiger partial charge in [-0.1, -0.05) is 67.2 Å². The molecule has 0 unspecified atom stereocenters. The third-order valence-corrected chi connectivity index (χ3v) is 5.57.